The summed E-state index contributed by atoms with van der Waals surface area (Å²) < 4.78 is 5.31. The van der Waals surface area contributed by atoms with Gasteiger partial charge in [0.15, 0.2) is 5.82 Å². The van der Waals surface area contributed by atoms with Crippen LogP contribution in [0.1, 0.15) is 43.5 Å². The number of hydrogen-bond acceptors (Lipinski definition) is 4. The van der Waals surface area contributed by atoms with Crippen molar-refractivity contribution in [1.82, 2.24) is 10.1 Å². The van der Waals surface area contributed by atoms with Crippen molar-refractivity contribution in [3.63, 3.8) is 0 Å². The van der Waals surface area contributed by atoms with Crippen LogP contribution in [0.25, 0.3) is 0 Å². The van der Waals surface area contributed by atoms with Gasteiger partial charge in [-0.3, -0.25) is 0 Å². The van der Waals surface area contributed by atoms with Gasteiger partial charge in [-0.05, 0) is 18.9 Å². The molecule has 2 rings (SSSR count). The van der Waals surface area contributed by atoms with E-state index in [1.807, 2.05) is 18.2 Å². The van der Waals surface area contributed by atoms with Gasteiger partial charge in [0.25, 0.3) is 0 Å². The average Bonchev–Trinajstić information content (AvgIpc) is 2.87. The zero-order chi connectivity index (χ0) is 13.0. The summed E-state index contributed by atoms with van der Waals surface area (Å²) in [7, 11) is 0. The number of rotatable bonds is 5. The molecule has 2 atom stereocenters. The Balaban J connectivity index is 2.10. The van der Waals surface area contributed by atoms with Crippen molar-refractivity contribution in [2.45, 2.75) is 38.6 Å². The van der Waals surface area contributed by atoms with Gasteiger partial charge in [0.2, 0.25) is 5.89 Å². The number of nitrogens with two attached hydrogens (primary N) is 1. The summed E-state index contributed by atoms with van der Waals surface area (Å²) in [4.78, 5) is 4.42. The number of hydrogen-bond donors (Lipinski definition) is 1. The molecule has 0 bridgehead atoms. The topological polar surface area (TPSA) is 64.9 Å². The first-order valence-corrected chi connectivity index (χ1v) is 6.33. The summed E-state index contributed by atoms with van der Waals surface area (Å²) in [6, 6.07) is 10.2. The lowest BCUT2D eigenvalue weighted by molar-refractivity contribution is 0.364. The minimum absolute atomic E-state index is 0.0995. The van der Waals surface area contributed by atoms with Gasteiger partial charge in [0.1, 0.15) is 0 Å². The van der Waals surface area contributed by atoms with E-state index < -0.39 is 0 Å². The van der Waals surface area contributed by atoms with Gasteiger partial charge in [-0.25, -0.2) is 0 Å². The molecule has 0 fully saturated rings. The molecule has 0 spiro atoms. The first-order valence-electron chi connectivity index (χ1n) is 6.33. The summed E-state index contributed by atoms with van der Waals surface area (Å²) in [5.74, 6) is 1.46. The zero-order valence-electron chi connectivity index (χ0n) is 10.8. The molecule has 96 valence electrons. The van der Waals surface area contributed by atoms with Crippen LogP contribution in [0, 0.1) is 0 Å². The van der Waals surface area contributed by atoms with E-state index in [1.54, 1.807) is 0 Å². The molecule has 0 saturated carbocycles. The van der Waals surface area contributed by atoms with E-state index in [0.29, 0.717) is 18.1 Å². The number of nitrogens with zero attached hydrogens (tertiary/aromatic N) is 2. The third kappa shape index (κ3) is 2.96. The van der Waals surface area contributed by atoms with E-state index in [1.165, 1.54) is 5.56 Å². The third-order valence-electron chi connectivity index (χ3n) is 3.12. The first kappa shape index (κ1) is 12.8. The van der Waals surface area contributed by atoms with E-state index in [4.69, 9.17) is 10.3 Å². The molecule has 0 aliphatic rings. The fourth-order valence-corrected chi connectivity index (χ4v) is 1.79. The quantitative estimate of drug-likeness (QED) is 0.879. The van der Waals surface area contributed by atoms with Gasteiger partial charge >= 0.3 is 0 Å². The molecule has 0 amide bonds. The second kappa shape index (κ2) is 5.78. The Morgan fingerprint density at radius 2 is 2.00 bits per heavy atom. The molecule has 4 nitrogen and oxygen atoms in total. The molecule has 1 aromatic heterocycles. The first-order chi connectivity index (χ1) is 8.70. The van der Waals surface area contributed by atoms with E-state index in [9.17, 15) is 0 Å². The van der Waals surface area contributed by atoms with Crippen molar-refractivity contribution in [1.29, 1.82) is 0 Å². The predicted molar refractivity (Wildman–Crippen MR) is 70.2 cm³/mol. The van der Waals surface area contributed by atoms with Crippen LogP contribution < -0.4 is 5.73 Å². The molecule has 2 N–H and O–H groups in total. The van der Waals surface area contributed by atoms with Crippen LogP contribution in [0.2, 0.25) is 0 Å². The SMILES string of the molecule is CCC(N)Cc1noc(C(C)c2ccccc2)n1. The summed E-state index contributed by atoms with van der Waals surface area (Å²) in [6.45, 7) is 4.12. The van der Waals surface area contributed by atoms with E-state index >= 15 is 0 Å². The highest BCUT2D eigenvalue weighted by atomic mass is 16.5. The summed E-state index contributed by atoms with van der Waals surface area (Å²) >= 11 is 0. The summed E-state index contributed by atoms with van der Waals surface area (Å²) in [5.41, 5.74) is 7.05. The predicted octanol–water partition coefficient (Wildman–Crippen LogP) is 2.50. The molecule has 18 heavy (non-hydrogen) atoms. The molecule has 2 aromatic rings. The zero-order valence-corrected chi connectivity index (χ0v) is 10.8. The molecular formula is C14H19N3O. The second-order valence-corrected chi connectivity index (χ2v) is 4.55. The maximum atomic E-state index is 5.88. The summed E-state index contributed by atoms with van der Waals surface area (Å²) in [5, 5.41) is 3.98. The van der Waals surface area contributed by atoms with Crippen LogP contribution in [-0.2, 0) is 6.42 Å². The van der Waals surface area contributed by atoms with Crippen LogP contribution in [0.15, 0.2) is 34.9 Å². The molecule has 0 aliphatic heterocycles. The van der Waals surface area contributed by atoms with Crippen molar-refractivity contribution in [3.8, 4) is 0 Å². The highest BCUT2D eigenvalue weighted by Crippen LogP contribution is 2.22. The summed E-state index contributed by atoms with van der Waals surface area (Å²) in [6.07, 6.45) is 1.58. The minimum atomic E-state index is 0.0995. The fraction of sp³-hybridized carbons (Fsp3) is 0.429. The minimum Gasteiger partial charge on any atom is -0.339 e. The van der Waals surface area contributed by atoms with Crippen molar-refractivity contribution in [2.75, 3.05) is 0 Å². The Bertz CT molecular complexity index is 481. The smallest absolute Gasteiger partial charge is 0.233 e. The molecule has 1 heterocycles. The van der Waals surface area contributed by atoms with Gasteiger partial charge in [0, 0.05) is 12.5 Å². The largest absolute Gasteiger partial charge is 0.339 e. The van der Waals surface area contributed by atoms with Crippen LogP contribution in [-0.4, -0.2) is 16.2 Å². The van der Waals surface area contributed by atoms with E-state index in [-0.39, 0.29) is 12.0 Å². The van der Waals surface area contributed by atoms with Crippen LogP contribution >= 0.6 is 0 Å². The lowest BCUT2D eigenvalue weighted by atomic mass is 10.0. The normalized spacial score (nSPS) is 14.4. The van der Waals surface area contributed by atoms with Crippen LogP contribution in [0.5, 0.6) is 0 Å². The van der Waals surface area contributed by atoms with Crippen molar-refractivity contribution < 1.29 is 4.52 Å². The molecule has 4 heteroatoms. The maximum Gasteiger partial charge on any atom is 0.233 e. The average molecular weight is 245 g/mol. The van der Waals surface area contributed by atoms with E-state index in [2.05, 4.69) is 36.1 Å². The highest BCUT2D eigenvalue weighted by molar-refractivity contribution is 5.23. The maximum absolute atomic E-state index is 5.88. The van der Waals surface area contributed by atoms with Crippen molar-refractivity contribution in [2.24, 2.45) is 5.73 Å². The Kier molecular flexibility index (Phi) is 4.10. The van der Waals surface area contributed by atoms with Gasteiger partial charge < -0.3 is 10.3 Å². The standard InChI is InChI=1S/C14H19N3O/c1-3-12(15)9-13-16-14(18-17-13)10(2)11-7-5-4-6-8-11/h4-8,10,12H,3,9,15H2,1-2H3. The Morgan fingerprint density at radius 1 is 1.28 bits per heavy atom. The van der Waals surface area contributed by atoms with E-state index in [0.717, 1.165) is 6.42 Å². The molecule has 0 radical (unpaired) electrons. The van der Waals surface area contributed by atoms with Gasteiger partial charge in [0.05, 0.1) is 5.92 Å². The Morgan fingerprint density at radius 3 is 2.67 bits per heavy atom. The Labute approximate surface area is 107 Å². The molecular weight excluding hydrogens is 226 g/mol. The van der Waals surface area contributed by atoms with Crippen LogP contribution in [0.4, 0.5) is 0 Å². The lowest BCUT2D eigenvalue weighted by Gasteiger charge is -2.05. The highest BCUT2D eigenvalue weighted by Gasteiger charge is 2.16. The molecule has 0 saturated heterocycles. The van der Waals surface area contributed by atoms with Crippen molar-refractivity contribution >= 4 is 0 Å². The fourth-order valence-electron chi connectivity index (χ4n) is 1.79. The number of aromatic nitrogens is 2. The third-order valence-corrected chi connectivity index (χ3v) is 3.12. The second-order valence-electron chi connectivity index (χ2n) is 4.55. The van der Waals surface area contributed by atoms with Gasteiger partial charge in [-0.2, -0.15) is 4.98 Å². The molecule has 2 unspecified atom stereocenters. The van der Waals surface area contributed by atoms with Gasteiger partial charge in [-0.15, -0.1) is 0 Å². The van der Waals surface area contributed by atoms with Crippen LogP contribution in [0.3, 0.4) is 0 Å². The van der Waals surface area contributed by atoms with Crippen molar-refractivity contribution in [3.05, 3.63) is 47.6 Å². The van der Waals surface area contributed by atoms with Gasteiger partial charge in [-0.1, -0.05) is 42.4 Å². The Hall–Kier alpha value is -1.68. The number of benzene rings is 1. The molecule has 0 aliphatic carbocycles. The lowest BCUT2D eigenvalue weighted by Crippen LogP contribution is -2.22. The molecule has 1 aromatic carbocycles. The monoisotopic (exact) mass is 245 g/mol.